The van der Waals surface area contributed by atoms with Gasteiger partial charge in [-0.15, -0.1) is 11.3 Å². The maximum atomic E-state index is 12.1. The Labute approximate surface area is 122 Å². The lowest BCUT2D eigenvalue weighted by atomic mass is 10.2. The van der Waals surface area contributed by atoms with E-state index in [0.717, 1.165) is 15.1 Å². The molecule has 3 N–H and O–H groups in total. The molecule has 20 heavy (non-hydrogen) atoms. The van der Waals surface area contributed by atoms with Crippen molar-refractivity contribution in [3.05, 3.63) is 10.9 Å². The zero-order valence-corrected chi connectivity index (χ0v) is 12.9. The normalized spacial score (nSPS) is 12.4. The molecule has 0 fully saturated rings. The van der Waals surface area contributed by atoms with Crippen LogP contribution in [0.25, 0.3) is 10.2 Å². The maximum Gasteiger partial charge on any atom is 0.244 e. The number of thiophene rings is 1. The molecule has 0 saturated carbocycles. The summed E-state index contributed by atoms with van der Waals surface area (Å²) in [5.74, 6) is 0.845. The zero-order chi connectivity index (χ0) is 14.9. The van der Waals surface area contributed by atoms with Gasteiger partial charge in [-0.2, -0.15) is 4.98 Å². The largest absolute Gasteiger partial charge is 0.368 e. The molecule has 0 aliphatic heterocycles. The number of anilines is 2. The minimum atomic E-state index is -0.363. The van der Waals surface area contributed by atoms with Crippen molar-refractivity contribution in [1.82, 2.24) is 14.9 Å². The highest BCUT2D eigenvalue weighted by molar-refractivity contribution is 7.18. The molecule has 0 aromatic carbocycles. The van der Waals surface area contributed by atoms with Gasteiger partial charge in [0.1, 0.15) is 16.7 Å². The summed E-state index contributed by atoms with van der Waals surface area (Å²) in [5, 5.41) is 4.04. The standard InChI is InChI=1S/C13H19N5OS/c1-5-18(4)12(19)8(3)15-10-9-6-7(2)20-11(9)17-13(14)16-10/h6,8H,5H2,1-4H3,(H3,14,15,16,17). The fourth-order valence-electron chi connectivity index (χ4n) is 1.92. The molecule has 7 heteroatoms. The number of rotatable bonds is 4. The number of carbonyl (C=O) groups is 1. The van der Waals surface area contributed by atoms with E-state index >= 15 is 0 Å². The highest BCUT2D eigenvalue weighted by atomic mass is 32.1. The number of likely N-dealkylation sites (N-methyl/N-ethyl adjacent to an activating group) is 1. The SMILES string of the molecule is CCN(C)C(=O)C(C)Nc1nc(N)nc2sc(C)cc12. The number of amides is 1. The van der Waals surface area contributed by atoms with Crippen molar-refractivity contribution < 1.29 is 4.79 Å². The number of aromatic nitrogens is 2. The fourth-order valence-corrected chi connectivity index (χ4v) is 2.81. The van der Waals surface area contributed by atoms with E-state index in [1.165, 1.54) is 0 Å². The van der Waals surface area contributed by atoms with E-state index in [4.69, 9.17) is 5.73 Å². The number of carbonyl (C=O) groups excluding carboxylic acids is 1. The highest BCUT2D eigenvalue weighted by Crippen LogP contribution is 2.29. The highest BCUT2D eigenvalue weighted by Gasteiger charge is 2.18. The number of nitrogens with zero attached hydrogens (tertiary/aromatic N) is 3. The van der Waals surface area contributed by atoms with E-state index in [9.17, 15) is 4.79 Å². The third-order valence-electron chi connectivity index (χ3n) is 3.11. The molecule has 1 atom stereocenters. The molecule has 6 nitrogen and oxygen atoms in total. The van der Waals surface area contributed by atoms with Gasteiger partial charge in [0.25, 0.3) is 0 Å². The van der Waals surface area contributed by atoms with Crippen molar-refractivity contribution in [3.8, 4) is 0 Å². The molecule has 2 aromatic heterocycles. The van der Waals surface area contributed by atoms with Crippen molar-refractivity contribution in [3.63, 3.8) is 0 Å². The second-order valence-electron chi connectivity index (χ2n) is 4.72. The Bertz CT molecular complexity index is 639. The van der Waals surface area contributed by atoms with Gasteiger partial charge in [0.2, 0.25) is 11.9 Å². The summed E-state index contributed by atoms with van der Waals surface area (Å²) in [6.07, 6.45) is 0. The summed E-state index contributed by atoms with van der Waals surface area (Å²) >= 11 is 1.56. The van der Waals surface area contributed by atoms with E-state index in [2.05, 4.69) is 15.3 Å². The van der Waals surface area contributed by atoms with Gasteiger partial charge in [-0.1, -0.05) is 0 Å². The van der Waals surface area contributed by atoms with Gasteiger partial charge in [-0.3, -0.25) is 4.79 Å². The Balaban J connectivity index is 2.31. The number of nitrogens with two attached hydrogens (primary N) is 1. The Morgan fingerprint density at radius 2 is 2.25 bits per heavy atom. The van der Waals surface area contributed by atoms with Crippen LogP contribution in [0.3, 0.4) is 0 Å². The van der Waals surface area contributed by atoms with Crippen molar-refractivity contribution in [1.29, 1.82) is 0 Å². The summed E-state index contributed by atoms with van der Waals surface area (Å²) in [4.78, 5) is 24.2. The first kappa shape index (κ1) is 14.5. The monoisotopic (exact) mass is 293 g/mol. The van der Waals surface area contributed by atoms with Gasteiger partial charge in [0, 0.05) is 18.5 Å². The molecule has 108 valence electrons. The summed E-state index contributed by atoms with van der Waals surface area (Å²) in [7, 11) is 1.78. The predicted molar refractivity (Wildman–Crippen MR) is 83.0 cm³/mol. The Hall–Kier alpha value is -1.89. The molecule has 0 aliphatic rings. The van der Waals surface area contributed by atoms with Crippen molar-refractivity contribution in [2.45, 2.75) is 26.8 Å². The lowest BCUT2D eigenvalue weighted by Crippen LogP contribution is -2.39. The number of nitrogens with one attached hydrogen (secondary N) is 1. The fraction of sp³-hybridized carbons (Fsp3) is 0.462. The molecule has 0 saturated heterocycles. The van der Waals surface area contributed by atoms with E-state index < -0.39 is 0 Å². The van der Waals surface area contributed by atoms with Crippen LogP contribution in [0.2, 0.25) is 0 Å². The molecule has 0 bridgehead atoms. The number of nitrogen functional groups attached to an aromatic ring is 1. The Morgan fingerprint density at radius 1 is 1.55 bits per heavy atom. The van der Waals surface area contributed by atoms with Crippen LogP contribution in [0.4, 0.5) is 11.8 Å². The molecule has 1 unspecified atom stereocenters. The summed E-state index contributed by atoms with van der Waals surface area (Å²) in [6.45, 7) is 6.43. The van der Waals surface area contributed by atoms with Gasteiger partial charge >= 0.3 is 0 Å². The van der Waals surface area contributed by atoms with Crippen LogP contribution in [-0.2, 0) is 4.79 Å². The summed E-state index contributed by atoms with van der Waals surface area (Å²) in [5.41, 5.74) is 5.72. The van der Waals surface area contributed by atoms with Gasteiger partial charge in [-0.05, 0) is 26.8 Å². The Kier molecular flexibility index (Phi) is 4.08. The molecule has 0 radical (unpaired) electrons. The van der Waals surface area contributed by atoms with Crippen LogP contribution in [-0.4, -0.2) is 40.4 Å². The zero-order valence-electron chi connectivity index (χ0n) is 12.1. The van der Waals surface area contributed by atoms with Crippen LogP contribution < -0.4 is 11.1 Å². The van der Waals surface area contributed by atoms with Crippen molar-refractivity contribution in [2.75, 3.05) is 24.6 Å². The number of fused-ring (bicyclic) bond motifs is 1. The third kappa shape index (κ3) is 2.82. The molecule has 0 spiro atoms. The molecule has 2 heterocycles. The smallest absolute Gasteiger partial charge is 0.244 e. The lowest BCUT2D eigenvalue weighted by Gasteiger charge is -2.21. The van der Waals surface area contributed by atoms with Crippen LogP contribution in [0, 0.1) is 6.92 Å². The molecular formula is C13H19N5OS. The first-order valence-corrected chi connectivity index (χ1v) is 7.29. The number of hydrogen-bond donors (Lipinski definition) is 2. The maximum absolute atomic E-state index is 12.1. The van der Waals surface area contributed by atoms with E-state index in [-0.39, 0.29) is 17.9 Å². The lowest BCUT2D eigenvalue weighted by molar-refractivity contribution is -0.130. The van der Waals surface area contributed by atoms with Gasteiger partial charge in [0.15, 0.2) is 0 Å². The van der Waals surface area contributed by atoms with Gasteiger partial charge in [-0.25, -0.2) is 4.98 Å². The average Bonchev–Trinajstić information content (AvgIpc) is 2.77. The van der Waals surface area contributed by atoms with Crippen LogP contribution in [0.1, 0.15) is 18.7 Å². The molecular weight excluding hydrogens is 274 g/mol. The van der Waals surface area contributed by atoms with Crippen LogP contribution in [0.5, 0.6) is 0 Å². The van der Waals surface area contributed by atoms with Crippen LogP contribution in [0.15, 0.2) is 6.07 Å². The second-order valence-corrected chi connectivity index (χ2v) is 5.96. The van der Waals surface area contributed by atoms with Crippen LogP contribution >= 0.6 is 11.3 Å². The molecule has 2 aromatic rings. The third-order valence-corrected chi connectivity index (χ3v) is 4.05. The van der Waals surface area contributed by atoms with Crippen molar-refractivity contribution in [2.24, 2.45) is 0 Å². The van der Waals surface area contributed by atoms with Gasteiger partial charge < -0.3 is 16.0 Å². The summed E-state index contributed by atoms with van der Waals surface area (Å²) < 4.78 is 0. The van der Waals surface area contributed by atoms with Gasteiger partial charge in [0.05, 0.1) is 5.39 Å². The van der Waals surface area contributed by atoms with Crippen molar-refractivity contribution >= 4 is 39.2 Å². The first-order valence-electron chi connectivity index (χ1n) is 6.47. The second kappa shape index (κ2) is 5.62. The number of hydrogen-bond acceptors (Lipinski definition) is 6. The molecule has 0 aliphatic carbocycles. The quantitative estimate of drug-likeness (QED) is 0.899. The molecule has 1 amide bonds. The van der Waals surface area contributed by atoms with E-state index in [1.54, 1.807) is 23.3 Å². The topological polar surface area (TPSA) is 84.1 Å². The number of aryl methyl sites for hydroxylation is 1. The minimum Gasteiger partial charge on any atom is -0.368 e. The van der Waals surface area contributed by atoms with E-state index in [1.807, 2.05) is 26.8 Å². The first-order chi connectivity index (χ1) is 9.42. The Morgan fingerprint density at radius 3 is 2.90 bits per heavy atom. The summed E-state index contributed by atoms with van der Waals surface area (Å²) in [6, 6.07) is 1.64. The van der Waals surface area contributed by atoms with E-state index in [0.29, 0.717) is 12.4 Å². The average molecular weight is 293 g/mol. The minimum absolute atomic E-state index is 0.0183. The molecule has 2 rings (SSSR count). The predicted octanol–water partition coefficient (Wildman–Crippen LogP) is 1.86.